The van der Waals surface area contributed by atoms with E-state index in [2.05, 4.69) is 5.32 Å². The molecule has 0 heterocycles. The van der Waals surface area contributed by atoms with Gasteiger partial charge in [0.25, 0.3) is 0 Å². The van der Waals surface area contributed by atoms with Gasteiger partial charge >= 0.3 is 0 Å². The first-order valence-corrected chi connectivity index (χ1v) is 6.22. The summed E-state index contributed by atoms with van der Waals surface area (Å²) in [7, 11) is 0. The molecular formula is C13H23NO3. The minimum Gasteiger partial charge on any atom is -0.349 e. The number of carbonyl (C=O) groups is 3. The van der Waals surface area contributed by atoms with Gasteiger partial charge in [-0.2, -0.15) is 0 Å². The van der Waals surface area contributed by atoms with E-state index in [4.69, 9.17) is 0 Å². The molecule has 1 N–H and O–H groups in total. The summed E-state index contributed by atoms with van der Waals surface area (Å²) in [6, 6.07) is 0. The Bertz CT molecular complexity index is 286. The van der Waals surface area contributed by atoms with Crippen molar-refractivity contribution in [1.82, 2.24) is 5.32 Å². The largest absolute Gasteiger partial charge is 0.349 e. The normalized spacial score (nSPS) is 13.9. The Morgan fingerprint density at radius 1 is 1.12 bits per heavy atom. The van der Waals surface area contributed by atoms with Crippen molar-refractivity contribution in [2.24, 2.45) is 11.8 Å². The second kappa shape index (κ2) is 7.98. The lowest BCUT2D eigenvalue weighted by Crippen LogP contribution is -2.34. The fourth-order valence-electron chi connectivity index (χ4n) is 1.47. The van der Waals surface area contributed by atoms with Gasteiger partial charge in [-0.1, -0.05) is 20.8 Å². The van der Waals surface area contributed by atoms with Gasteiger partial charge in [-0.25, -0.2) is 0 Å². The maximum Gasteiger partial charge on any atom is 0.223 e. The van der Waals surface area contributed by atoms with Crippen molar-refractivity contribution in [1.29, 1.82) is 0 Å². The predicted octanol–water partition coefficient (Wildman–Crippen LogP) is 1.72. The molecule has 0 aliphatic rings. The van der Waals surface area contributed by atoms with Crippen LogP contribution in [0.2, 0.25) is 0 Å². The second-order valence-electron chi connectivity index (χ2n) is 4.49. The molecule has 0 aliphatic heterocycles. The van der Waals surface area contributed by atoms with E-state index in [1.165, 1.54) is 6.92 Å². The van der Waals surface area contributed by atoms with Crippen LogP contribution in [0.3, 0.4) is 0 Å². The molecule has 4 heteroatoms. The van der Waals surface area contributed by atoms with Gasteiger partial charge in [-0.05, 0) is 19.8 Å². The number of hydrogen-bond donors (Lipinski definition) is 1. The molecule has 0 aromatic heterocycles. The minimum absolute atomic E-state index is 0.0347. The van der Waals surface area contributed by atoms with Crippen LogP contribution in [0.5, 0.6) is 0 Å². The molecule has 0 radical (unpaired) electrons. The van der Waals surface area contributed by atoms with Crippen molar-refractivity contribution in [2.75, 3.05) is 6.54 Å². The van der Waals surface area contributed by atoms with E-state index in [0.29, 0.717) is 6.42 Å². The van der Waals surface area contributed by atoms with Crippen LogP contribution < -0.4 is 5.32 Å². The van der Waals surface area contributed by atoms with Gasteiger partial charge in [0.05, 0.1) is 6.54 Å². The summed E-state index contributed by atoms with van der Waals surface area (Å²) in [5, 5.41) is 2.60. The SMILES string of the molecule is CCC(C)C(=O)NCC(=O)CC(CC)C(C)=O. The molecule has 0 aromatic rings. The van der Waals surface area contributed by atoms with Crippen LogP contribution in [0, 0.1) is 11.8 Å². The smallest absolute Gasteiger partial charge is 0.223 e. The highest BCUT2D eigenvalue weighted by Crippen LogP contribution is 2.09. The van der Waals surface area contributed by atoms with E-state index in [-0.39, 0.29) is 42.3 Å². The number of hydrogen-bond acceptors (Lipinski definition) is 3. The Labute approximate surface area is 103 Å². The van der Waals surface area contributed by atoms with Crippen LogP contribution in [0.4, 0.5) is 0 Å². The van der Waals surface area contributed by atoms with Crippen LogP contribution in [0.15, 0.2) is 0 Å². The van der Waals surface area contributed by atoms with E-state index in [0.717, 1.165) is 6.42 Å². The maximum absolute atomic E-state index is 11.6. The van der Waals surface area contributed by atoms with Crippen molar-refractivity contribution in [3.63, 3.8) is 0 Å². The first-order chi connectivity index (χ1) is 7.92. The van der Waals surface area contributed by atoms with Gasteiger partial charge in [0.1, 0.15) is 5.78 Å². The Morgan fingerprint density at radius 3 is 2.12 bits per heavy atom. The molecule has 17 heavy (non-hydrogen) atoms. The lowest BCUT2D eigenvalue weighted by Gasteiger charge is -2.12. The quantitative estimate of drug-likeness (QED) is 0.703. The third-order valence-corrected chi connectivity index (χ3v) is 3.06. The molecular weight excluding hydrogens is 218 g/mol. The lowest BCUT2D eigenvalue weighted by atomic mass is 9.96. The van der Waals surface area contributed by atoms with E-state index in [9.17, 15) is 14.4 Å². The van der Waals surface area contributed by atoms with Crippen molar-refractivity contribution in [3.05, 3.63) is 0 Å². The Hall–Kier alpha value is -1.19. The first kappa shape index (κ1) is 15.8. The number of amides is 1. The molecule has 0 aromatic carbocycles. The fourth-order valence-corrected chi connectivity index (χ4v) is 1.47. The van der Waals surface area contributed by atoms with Gasteiger partial charge in [-0.15, -0.1) is 0 Å². The van der Waals surface area contributed by atoms with Gasteiger partial charge < -0.3 is 5.32 Å². The molecule has 0 aliphatic carbocycles. The van der Waals surface area contributed by atoms with Crippen molar-refractivity contribution in [2.45, 2.75) is 47.0 Å². The molecule has 98 valence electrons. The maximum atomic E-state index is 11.6. The number of carbonyl (C=O) groups excluding carboxylic acids is 3. The van der Waals surface area contributed by atoms with Gasteiger partial charge in [0, 0.05) is 18.3 Å². The summed E-state index contributed by atoms with van der Waals surface area (Å²) in [5.74, 6) is -0.421. The topological polar surface area (TPSA) is 63.2 Å². The third-order valence-electron chi connectivity index (χ3n) is 3.06. The van der Waals surface area contributed by atoms with Crippen LogP contribution in [-0.2, 0) is 14.4 Å². The Balaban J connectivity index is 4.03. The zero-order valence-electron chi connectivity index (χ0n) is 11.2. The molecule has 2 unspecified atom stereocenters. The predicted molar refractivity (Wildman–Crippen MR) is 66.6 cm³/mol. The molecule has 0 bridgehead atoms. The van der Waals surface area contributed by atoms with Crippen LogP contribution >= 0.6 is 0 Å². The van der Waals surface area contributed by atoms with E-state index in [1.807, 2.05) is 20.8 Å². The number of rotatable bonds is 8. The van der Waals surface area contributed by atoms with Gasteiger partial charge in [0.15, 0.2) is 5.78 Å². The molecule has 0 rings (SSSR count). The van der Waals surface area contributed by atoms with Crippen molar-refractivity contribution in [3.8, 4) is 0 Å². The van der Waals surface area contributed by atoms with E-state index in [1.54, 1.807) is 0 Å². The van der Waals surface area contributed by atoms with E-state index < -0.39 is 0 Å². The first-order valence-electron chi connectivity index (χ1n) is 6.22. The molecule has 0 spiro atoms. The summed E-state index contributed by atoms with van der Waals surface area (Å²) in [6.07, 6.45) is 1.65. The molecule has 1 amide bonds. The molecule has 0 saturated carbocycles. The Morgan fingerprint density at radius 2 is 1.71 bits per heavy atom. The van der Waals surface area contributed by atoms with E-state index >= 15 is 0 Å². The summed E-state index contributed by atoms with van der Waals surface area (Å²) in [4.78, 5) is 34.2. The summed E-state index contributed by atoms with van der Waals surface area (Å²) in [5.41, 5.74) is 0. The van der Waals surface area contributed by atoms with Crippen LogP contribution in [0.25, 0.3) is 0 Å². The zero-order valence-corrected chi connectivity index (χ0v) is 11.2. The third kappa shape index (κ3) is 6.19. The van der Waals surface area contributed by atoms with Crippen LogP contribution in [0.1, 0.15) is 47.0 Å². The highest BCUT2D eigenvalue weighted by atomic mass is 16.2. The zero-order chi connectivity index (χ0) is 13.4. The van der Waals surface area contributed by atoms with Crippen LogP contribution in [-0.4, -0.2) is 24.0 Å². The summed E-state index contributed by atoms with van der Waals surface area (Å²) < 4.78 is 0. The highest BCUT2D eigenvalue weighted by molar-refractivity contribution is 5.90. The van der Waals surface area contributed by atoms with Gasteiger partial charge in [-0.3, -0.25) is 14.4 Å². The number of ketones is 2. The summed E-state index contributed by atoms with van der Waals surface area (Å²) >= 11 is 0. The molecule has 0 saturated heterocycles. The Kier molecular flexibility index (Phi) is 7.42. The highest BCUT2D eigenvalue weighted by Gasteiger charge is 2.17. The number of nitrogens with one attached hydrogen (secondary N) is 1. The lowest BCUT2D eigenvalue weighted by molar-refractivity contribution is -0.129. The minimum atomic E-state index is -0.206. The number of Topliss-reactive ketones (excluding diaryl/α,β-unsaturated/α-hetero) is 2. The average Bonchev–Trinajstić information content (AvgIpc) is 2.31. The van der Waals surface area contributed by atoms with Gasteiger partial charge in [0.2, 0.25) is 5.91 Å². The standard InChI is InChI=1S/C13H23NO3/c1-5-9(3)13(17)14-8-12(16)7-11(6-2)10(4)15/h9,11H,5-8H2,1-4H3,(H,14,17). The summed E-state index contributed by atoms with van der Waals surface area (Å²) in [6.45, 7) is 7.17. The average molecular weight is 241 g/mol. The second-order valence-corrected chi connectivity index (χ2v) is 4.49. The fraction of sp³-hybridized carbons (Fsp3) is 0.769. The van der Waals surface area contributed by atoms with Crippen molar-refractivity contribution < 1.29 is 14.4 Å². The van der Waals surface area contributed by atoms with Crippen molar-refractivity contribution >= 4 is 17.5 Å². The molecule has 0 fully saturated rings. The molecule has 2 atom stereocenters. The monoisotopic (exact) mass is 241 g/mol. The molecule has 4 nitrogen and oxygen atoms in total.